The molecule has 1 N–H and O–H groups in total. The molecule has 1 aromatic carbocycles. The number of hydrogen-bond donors (Lipinski definition) is 1. The average molecular weight is 301 g/mol. The number of ether oxygens (including phenoxy) is 1. The molecule has 116 valence electrons. The van der Waals surface area contributed by atoms with Crippen molar-refractivity contribution in [2.75, 3.05) is 25.0 Å². The summed E-state index contributed by atoms with van der Waals surface area (Å²) in [5.41, 5.74) is 0.693. The first-order chi connectivity index (χ1) is 10.8. The molecule has 0 saturated carbocycles. The molecule has 1 atom stereocenters. The van der Waals surface area contributed by atoms with Gasteiger partial charge in [0.2, 0.25) is 0 Å². The number of carbonyl (C=O) groups is 1. The molecular weight excluding hydrogens is 282 g/mol. The number of aromatic nitrogens is 3. The van der Waals surface area contributed by atoms with E-state index in [2.05, 4.69) is 15.6 Å². The maximum atomic E-state index is 12.4. The van der Waals surface area contributed by atoms with Crippen LogP contribution in [0.4, 0.5) is 10.5 Å². The predicted octanol–water partition coefficient (Wildman–Crippen LogP) is 2.16. The van der Waals surface area contributed by atoms with Gasteiger partial charge in [-0.15, -0.1) is 5.10 Å². The summed E-state index contributed by atoms with van der Waals surface area (Å²) in [5, 5.41) is 10.7. The Labute approximate surface area is 128 Å². The van der Waals surface area contributed by atoms with Gasteiger partial charge in [-0.1, -0.05) is 17.3 Å². The van der Waals surface area contributed by atoms with Crippen molar-refractivity contribution in [3.05, 3.63) is 36.7 Å². The summed E-state index contributed by atoms with van der Waals surface area (Å²) in [6.45, 7) is 3.81. The van der Waals surface area contributed by atoms with Crippen LogP contribution in [0.25, 0.3) is 0 Å². The molecule has 0 spiro atoms. The van der Waals surface area contributed by atoms with Crippen LogP contribution in [0.15, 0.2) is 36.7 Å². The van der Waals surface area contributed by atoms with E-state index in [9.17, 15) is 4.79 Å². The van der Waals surface area contributed by atoms with E-state index in [0.717, 1.165) is 6.42 Å². The van der Waals surface area contributed by atoms with Gasteiger partial charge in [0.15, 0.2) is 0 Å². The molecular formula is C15H19N5O2. The molecule has 0 radical (unpaired) electrons. The molecule has 3 rings (SSSR count). The largest absolute Gasteiger partial charge is 0.492 e. The van der Waals surface area contributed by atoms with Crippen LogP contribution in [0.2, 0.25) is 0 Å². The van der Waals surface area contributed by atoms with E-state index in [1.807, 2.05) is 37.4 Å². The van der Waals surface area contributed by atoms with Crippen molar-refractivity contribution in [1.82, 2.24) is 19.9 Å². The lowest BCUT2D eigenvalue weighted by molar-refractivity contribution is 0.220. The number of urea groups is 1. The second kappa shape index (κ2) is 6.46. The number of rotatable bonds is 4. The topological polar surface area (TPSA) is 72.3 Å². The standard InChI is InChI=1S/C15H19N5O2/c1-2-22-14-6-4-3-5-13(14)17-15(21)19-9-7-12(11-19)20-10-8-16-18-20/h3-6,8,10,12H,2,7,9,11H2,1H3,(H,17,21). The summed E-state index contributed by atoms with van der Waals surface area (Å²) in [7, 11) is 0. The fourth-order valence-electron chi connectivity index (χ4n) is 2.60. The monoisotopic (exact) mass is 301 g/mol. The van der Waals surface area contributed by atoms with Crippen molar-refractivity contribution in [3.8, 4) is 5.75 Å². The minimum absolute atomic E-state index is 0.116. The molecule has 1 saturated heterocycles. The molecule has 7 heteroatoms. The molecule has 2 amide bonds. The lowest BCUT2D eigenvalue weighted by Gasteiger charge is -2.18. The summed E-state index contributed by atoms with van der Waals surface area (Å²) in [6, 6.07) is 7.53. The number of likely N-dealkylation sites (tertiary alicyclic amines) is 1. The van der Waals surface area contributed by atoms with E-state index < -0.39 is 0 Å². The van der Waals surface area contributed by atoms with Crippen LogP contribution < -0.4 is 10.1 Å². The highest BCUT2D eigenvalue weighted by atomic mass is 16.5. The minimum Gasteiger partial charge on any atom is -0.492 e. The average Bonchev–Trinajstić information content (AvgIpc) is 3.20. The Morgan fingerprint density at radius 3 is 3.09 bits per heavy atom. The van der Waals surface area contributed by atoms with E-state index in [1.54, 1.807) is 15.8 Å². The fraction of sp³-hybridized carbons (Fsp3) is 0.400. The van der Waals surface area contributed by atoms with Crippen molar-refractivity contribution in [1.29, 1.82) is 0 Å². The van der Waals surface area contributed by atoms with Crippen LogP contribution in [0.3, 0.4) is 0 Å². The van der Waals surface area contributed by atoms with Crippen molar-refractivity contribution >= 4 is 11.7 Å². The number of anilines is 1. The van der Waals surface area contributed by atoms with Gasteiger partial charge in [-0.2, -0.15) is 0 Å². The van der Waals surface area contributed by atoms with Gasteiger partial charge in [-0.05, 0) is 25.5 Å². The second-order valence-electron chi connectivity index (χ2n) is 5.13. The minimum atomic E-state index is -0.116. The Hall–Kier alpha value is -2.57. The number of para-hydroxylation sites is 2. The summed E-state index contributed by atoms with van der Waals surface area (Å²) in [4.78, 5) is 14.2. The molecule has 1 aliphatic rings. The third-order valence-electron chi connectivity index (χ3n) is 3.69. The van der Waals surface area contributed by atoms with Crippen molar-refractivity contribution in [2.24, 2.45) is 0 Å². The molecule has 1 aliphatic heterocycles. The van der Waals surface area contributed by atoms with Gasteiger partial charge in [0.25, 0.3) is 0 Å². The van der Waals surface area contributed by atoms with Gasteiger partial charge in [0, 0.05) is 19.3 Å². The lowest BCUT2D eigenvalue weighted by atomic mass is 10.3. The first-order valence-corrected chi connectivity index (χ1v) is 7.41. The van der Waals surface area contributed by atoms with Crippen LogP contribution in [-0.4, -0.2) is 45.6 Å². The zero-order valence-corrected chi connectivity index (χ0v) is 12.5. The summed E-state index contributed by atoms with van der Waals surface area (Å²) < 4.78 is 7.33. The van der Waals surface area contributed by atoms with E-state index in [-0.39, 0.29) is 12.1 Å². The van der Waals surface area contributed by atoms with Gasteiger partial charge in [0.05, 0.1) is 24.5 Å². The van der Waals surface area contributed by atoms with Crippen LogP contribution in [0.5, 0.6) is 5.75 Å². The molecule has 1 unspecified atom stereocenters. The quantitative estimate of drug-likeness (QED) is 0.939. The van der Waals surface area contributed by atoms with Gasteiger partial charge in [-0.25, -0.2) is 9.48 Å². The van der Waals surface area contributed by atoms with Crippen molar-refractivity contribution in [2.45, 2.75) is 19.4 Å². The highest BCUT2D eigenvalue weighted by Gasteiger charge is 2.28. The summed E-state index contributed by atoms with van der Waals surface area (Å²) >= 11 is 0. The molecule has 2 aromatic rings. The maximum absolute atomic E-state index is 12.4. The molecule has 7 nitrogen and oxygen atoms in total. The van der Waals surface area contributed by atoms with Crippen LogP contribution in [0, 0.1) is 0 Å². The fourth-order valence-corrected chi connectivity index (χ4v) is 2.60. The SMILES string of the molecule is CCOc1ccccc1NC(=O)N1CCC(n2ccnn2)C1. The Morgan fingerprint density at radius 2 is 2.32 bits per heavy atom. The van der Waals surface area contributed by atoms with E-state index in [4.69, 9.17) is 4.74 Å². The summed E-state index contributed by atoms with van der Waals surface area (Å²) in [5.74, 6) is 0.686. The molecule has 2 heterocycles. The zero-order chi connectivity index (χ0) is 15.4. The van der Waals surface area contributed by atoms with Crippen molar-refractivity contribution in [3.63, 3.8) is 0 Å². The normalized spacial score (nSPS) is 17.5. The second-order valence-corrected chi connectivity index (χ2v) is 5.13. The maximum Gasteiger partial charge on any atom is 0.322 e. The highest BCUT2D eigenvalue weighted by molar-refractivity contribution is 5.91. The molecule has 22 heavy (non-hydrogen) atoms. The van der Waals surface area contributed by atoms with Crippen molar-refractivity contribution < 1.29 is 9.53 Å². The zero-order valence-electron chi connectivity index (χ0n) is 12.5. The highest BCUT2D eigenvalue weighted by Crippen LogP contribution is 2.26. The third-order valence-corrected chi connectivity index (χ3v) is 3.69. The number of benzene rings is 1. The van der Waals surface area contributed by atoms with Crippen LogP contribution in [-0.2, 0) is 0 Å². The third kappa shape index (κ3) is 3.03. The Bertz CT molecular complexity index is 629. The van der Waals surface area contributed by atoms with E-state index >= 15 is 0 Å². The Morgan fingerprint density at radius 1 is 1.45 bits per heavy atom. The Balaban J connectivity index is 1.63. The van der Waals surface area contributed by atoms with Gasteiger partial charge in [0.1, 0.15) is 5.75 Å². The first-order valence-electron chi connectivity index (χ1n) is 7.41. The van der Waals surface area contributed by atoms with Gasteiger partial charge >= 0.3 is 6.03 Å². The molecule has 1 aromatic heterocycles. The number of hydrogen-bond acceptors (Lipinski definition) is 4. The number of carbonyl (C=O) groups excluding carboxylic acids is 1. The molecule has 0 bridgehead atoms. The number of nitrogens with zero attached hydrogens (tertiary/aromatic N) is 4. The molecule has 1 fully saturated rings. The smallest absolute Gasteiger partial charge is 0.322 e. The first kappa shape index (κ1) is 14.4. The van der Waals surface area contributed by atoms with E-state index in [1.165, 1.54) is 0 Å². The summed E-state index contributed by atoms with van der Waals surface area (Å²) in [6.07, 6.45) is 4.36. The van der Waals surface area contributed by atoms with Crippen LogP contribution in [0.1, 0.15) is 19.4 Å². The van der Waals surface area contributed by atoms with Gasteiger partial charge < -0.3 is 15.0 Å². The van der Waals surface area contributed by atoms with E-state index in [0.29, 0.717) is 31.1 Å². The van der Waals surface area contributed by atoms with Gasteiger partial charge in [-0.3, -0.25) is 0 Å². The predicted molar refractivity (Wildman–Crippen MR) is 81.9 cm³/mol. The lowest BCUT2D eigenvalue weighted by Crippen LogP contribution is -2.33. The molecule has 0 aliphatic carbocycles. The number of amides is 2. The Kier molecular flexibility index (Phi) is 4.22. The number of nitrogens with one attached hydrogen (secondary N) is 1. The van der Waals surface area contributed by atoms with Crippen LogP contribution >= 0.6 is 0 Å².